The predicted octanol–water partition coefficient (Wildman–Crippen LogP) is 4.24. The number of rotatable bonds is 7. The normalized spacial score (nSPS) is 12.1. The molecule has 126 valence electrons. The number of hydrogen-bond acceptors (Lipinski definition) is 5. The zero-order valence-corrected chi connectivity index (χ0v) is 15.5. The molecule has 1 heterocycles. The van der Waals surface area contributed by atoms with E-state index in [0.29, 0.717) is 23.3 Å². The van der Waals surface area contributed by atoms with Gasteiger partial charge in [-0.05, 0) is 50.1 Å². The summed E-state index contributed by atoms with van der Waals surface area (Å²) in [7, 11) is 4.88. The fourth-order valence-corrected chi connectivity index (χ4v) is 3.72. The van der Waals surface area contributed by atoms with Crippen molar-refractivity contribution >= 4 is 11.3 Å². The number of hydrogen-bond donors (Lipinski definition) is 1. The van der Waals surface area contributed by atoms with Crippen molar-refractivity contribution in [2.45, 2.75) is 33.4 Å². The van der Waals surface area contributed by atoms with Gasteiger partial charge in [-0.2, -0.15) is 0 Å². The van der Waals surface area contributed by atoms with E-state index in [1.807, 2.05) is 23.5 Å². The Balaban J connectivity index is 2.15. The Morgan fingerprint density at radius 2 is 1.61 bits per heavy atom. The fourth-order valence-electron chi connectivity index (χ4n) is 2.70. The molecule has 0 aliphatic rings. The standard InChI is InChI=1S/C18H25NO3S/c1-11-7-15(13(3)23-11)12(2)19-10-14-8-16(20-4)18(22-6)17(9-14)21-5/h7-9,12,19H,10H2,1-6H3. The number of methoxy groups -OCH3 is 3. The quantitative estimate of drug-likeness (QED) is 0.821. The zero-order valence-electron chi connectivity index (χ0n) is 14.6. The zero-order chi connectivity index (χ0) is 17.0. The Morgan fingerprint density at radius 3 is 2.04 bits per heavy atom. The summed E-state index contributed by atoms with van der Waals surface area (Å²) in [5, 5.41) is 3.56. The van der Waals surface area contributed by atoms with Crippen LogP contribution in [0.1, 0.15) is 33.8 Å². The first-order valence-electron chi connectivity index (χ1n) is 7.59. The van der Waals surface area contributed by atoms with Crippen molar-refractivity contribution in [3.63, 3.8) is 0 Å². The van der Waals surface area contributed by atoms with Crippen LogP contribution in [0.4, 0.5) is 0 Å². The summed E-state index contributed by atoms with van der Waals surface area (Å²) in [6, 6.07) is 6.51. The molecule has 23 heavy (non-hydrogen) atoms. The first-order valence-corrected chi connectivity index (χ1v) is 8.41. The SMILES string of the molecule is COc1cc(CNC(C)c2cc(C)sc2C)cc(OC)c1OC. The van der Waals surface area contributed by atoms with Gasteiger partial charge in [-0.25, -0.2) is 0 Å². The molecule has 0 spiro atoms. The van der Waals surface area contributed by atoms with Crippen LogP contribution >= 0.6 is 11.3 Å². The summed E-state index contributed by atoms with van der Waals surface area (Å²) in [6.45, 7) is 7.23. The summed E-state index contributed by atoms with van der Waals surface area (Å²) in [6.07, 6.45) is 0. The van der Waals surface area contributed by atoms with Gasteiger partial charge in [0.25, 0.3) is 0 Å². The largest absolute Gasteiger partial charge is 0.493 e. The van der Waals surface area contributed by atoms with Gasteiger partial charge < -0.3 is 19.5 Å². The number of nitrogens with one attached hydrogen (secondary N) is 1. The van der Waals surface area contributed by atoms with Crippen molar-refractivity contribution in [1.29, 1.82) is 0 Å². The molecule has 2 rings (SSSR count). The van der Waals surface area contributed by atoms with Crippen LogP contribution in [0.2, 0.25) is 0 Å². The lowest BCUT2D eigenvalue weighted by molar-refractivity contribution is 0.323. The molecular formula is C18H25NO3S. The van der Waals surface area contributed by atoms with E-state index < -0.39 is 0 Å². The van der Waals surface area contributed by atoms with Gasteiger partial charge in [0.15, 0.2) is 11.5 Å². The lowest BCUT2D eigenvalue weighted by atomic mass is 10.1. The van der Waals surface area contributed by atoms with Gasteiger partial charge in [-0.1, -0.05) is 0 Å². The van der Waals surface area contributed by atoms with Crippen LogP contribution in [0.5, 0.6) is 17.2 Å². The maximum atomic E-state index is 5.40. The third-order valence-electron chi connectivity index (χ3n) is 3.88. The smallest absolute Gasteiger partial charge is 0.203 e. The van der Waals surface area contributed by atoms with Crippen LogP contribution < -0.4 is 19.5 Å². The molecule has 0 aliphatic heterocycles. The van der Waals surface area contributed by atoms with Crippen LogP contribution in [0.25, 0.3) is 0 Å². The molecule has 1 aromatic heterocycles. The van der Waals surface area contributed by atoms with E-state index in [1.165, 1.54) is 15.3 Å². The Morgan fingerprint density at radius 1 is 1.00 bits per heavy atom. The van der Waals surface area contributed by atoms with Gasteiger partial charge >= 0.3 is 0 Å². The van der Waals surface area contributed by atoms with E-state index in [1.54, 1.807) is 21.3 Å². The summed E-state index contributed by atoms with van der Waals surface area (Å²) in [5.41, 5.74) is 2.45. The van der Waals surface area contributed by atoms with Crippen molar-refractivity contribution < 1.29 is 14.2 Å². The molecule has 1 N–H and O–H groups in total. The molecule has 1 aromatic carbocycles. The van der Waals surface area contributed by atoms with Crippen molar-refractivity contribution in [2.75, 3.05) is 21.3 Å². The number of benzene rings is 1. The summed E-state index contributed by atoms with van der Waals surface area (Å²) >= 11 is 1.84. The second-order valence-corrected chi connectivity index (χ2v) is 6.97. The number of thiophene rings is 1. The second kappa shape index (κ2) is 7.70. The van der Waals surface area contributed by atoms with Crippen molar-refractivity contribution in [3.05, 3.63) is 39.1 Å². The van der Waals surface area contributed by atoms with E-state index >= 15 is 0 Å². The van der Waals surface area contributed by atoms with E-state index in [4.69, 9.17) is 14.2 Å². The minimum absolute atomic E-state index is 0.291. The second-order valence-electron chi connectivity index (χ2n) is 5.50. The molecule has 0 fully saturated rings. The summed E-state index contributed by atoms with van der Waals surface area (Å²) in [5.74, 6) is 1.98. The lowest BCUT2D eigenvalue weighted by Crippen LogP contribution is -2.18. The highest BCUT2D eigenvalue weighted by Gasteiger charge is 2.15. The van der Waals surface area contributed by atoms with E-state index in [9.17, 15) is 0 Å². The molecule has 2 aromatic rings. The molecule has 4 nitrogen and oxygen atoms in total. The van der Waals surface area contributed by atoms with E-state index in [-0.39, 0.29) is 0 Å². The van der Waals surface area contributed by atoms with Gasteiger partial charge in [0, 0.05) is 22.3 Å². The Bertz CT molecular complexity index is 641. The number of aryl methyl sites for hydroxylation is 2. The highest BCUT2D eigenvalue weighted by molar-refractivity contribution is 7.12. The predicted molar refractivity (Wildman–Crippen MR) is 95.1 cm³/mol. The summed E-state index contributed by atoms with van der Waals surface area (Å²) in [4.78, 5) is 2.71. The van der Waals surface area contributed by atoms with Crippen LogP contribution in [0.15, 0.2) is 18.2 Å². The molecule has 1 unspecified atom stereocenters. The average Bonchev–Trinajstić information content (AvgIpc) is 2.89. The molecule has 0 saturated carbocycles. The van der Waals surface area contributed by atoms with Gasteiger partial charge in [0.05, 0.1) is 21.3 Å². The van der Waals surface area contributed by atoms with E-state index in [2.05, 4.69) is 32.2 Å². The van der Waals surface area contributed by atoms with Gasteiger partial charge in [-0.3, -0.25) is 0 Å². The average molecular weight is 335 g/mol. The van der Waals surface area contributed by atoms with Crippen molar-refractivity contribution in [1.82, 2.24) is 5.32 Å². The number of ether oxygens (including phenoxy) is 3. The highest BCUT2D eigenvalue weighted by atomic mass is 32.1. The maximum absolute atomic E-state index is 5.40. The highest BCUT2D eigenvalue weighted by Crippen LogP contribution is 2.38. The molecule has 0 radical (unpaired) electrons. The van der Waals surface area contributed by atoms with E-state index in [0.717, 1.165) is 12.1 Å². The fraction of sp³-hybridized carbons (Fsp3) is 0.444. The topological polar surface area (TPSA) is 39.7 Å². The minimum atomic E-state index is 0.291. The van der Waals surface area contributed by atoms with Gasteiger partial charge in [0.2, 0.25) is 5.75 Å². The van der Waals surface area contributed by atoms with Crippen LogP contribution in [-0.4, -0.2) is 21.3 Å². The van der Waals surface area contributed by atoms with Crippen LogP contribution in [0.3, 0.4) is 0 Å². The molecular weight excluding hydrogens is 310 g/mol. The van der Waals surface area contributed by atoms with Crippen LogP contribution in [-0.2, 0) is 6.54 Å². The van der Waals surface area contributed by atoms with Gasteiger partial charge in [-0.15, -0.1) is 11.3 Å². The maximum Gasteiger partial charge on any atom is 0.203 e. The molecule has 0 aliphatic carbocycles. The molecule has 1 atom stereocenters. The molecule has 0 amide bonds. The third-order valence-corrected chi connectivity index (χ3v) is 4.86. The van der Waals surface area contributed by atoms with Crippen LogP contribution in [0, 0.1) is 13.8 Å². The summed E-state index contributed by atoms with van der Waals surface area (Å²) < 4.78 is 16.2. The molecule has 0 saturated heterocycles. The van der Waals surface area contributed by atoms with Crippen molar-refractivity contribution in [2.24, 2.45) is 0 Å². The van der Waals surface area contributed by atoms with Gasteiger partial charge in [0.1, 0.15) is 0 Å². The molecule has 0 bridgehead atoms. The Kier molecular flexibility index (Phi) is 5.91. The Labute approximate surface area is 142 Å². The first kappa shape index (κ1) is 17.6. The first-order chi connectivity index (χ1) is 11.0. The molecule has 5 heteroatoms. The third kappa shape index (κ3) is 3.98. The minimum Gasteiger partial charge on any atom is -0.493 e. The van der Waals surface area contributed by atoms with Crippen molar-refractivity contribution in [3.8, 4) is 17.2 Å². The Hall–Kier alpha value is -1.72. The monoisotopic (exact) mass is 335 g/mol. The lowest BCUT2D eigenvalue weighted by Gasteiger charge is -2.17.